The molecule has 0 aromatic heterocycles. The van der Waals surface area contributed by atoms with Crippen LogP contribution in [0.25, 0.3) is 0 Å². The Morgan fingerprint density at radius 2 is 2.36 bits per heavy atom. The molecule has 0 spiro atoms. The molecule has 0 radical (unpaired) electrons. The summed E-state index contributed by atoms with van der Waals surface area (Å²) in [6.45, 7) is 1.99. The third kappa shape index (κ3) is 1.71. The molecule has 2 N–H and O–H groups in total. The molecule has 2 heteroatoms. The van der Waals surface area contributed by atoms with Gasteiger partial charge in [-0.15, -0.1) is 0 Å². The minimum absolute atomic E-state index is 0.0206. The first kappa shape index (κ1) is 8.08. The number of rotatable bonds is 1. The van der Waals surface area contributed by atoms with Gasteiger partial charge in [0.05, 0.1) is 0 Å². The highest BCUT2D eigenvalue weighted by Crippen LogP contribution is 2.16. The fourth-order valence-corrected chi connectivity index (χ4v) is 1.03. The van der Waals surface area contributed by atoms with Crippen molar-refractivity contribution >= 4 is 0 Å². The van der Waals surface area contributed by atoms with Crippen LogP contribution in [0.5, 0.6) is 0 Å². The van der Waals surface area contributed by atoms with Gasteiger partial charge in [-0.1, -0.05) is 25.2 Å². The second kappa shape index (κ2) is 3.39. The first-order valence-corrected chi connectivity index (χ1v) is 3.71. The molecular weight excluding hydrogens is 140 g/mol. The highest BCUT2D eigenvalue weighted by Gasteiger charge is 2.14. The Balaban J connectivity index is 2.81. The first-order valence-electron chi connectivity index (χ1n) is 3.71. The van der Waals surface area contributed by atoms with Crippen LogP contribution < -0.4 is 0 Å². The Morgan fingerprint density at radius 3 is 3.00 bits per heavy atom. The maximum absolute atomic E-state index is 9.33. The Bertz CT molecular complexity index is 224. The molecule has 0 aromatic rings. The molecule has 0 aromatic carbocycles. The average Bonchev–Trinajstić information content (AvgIpc) is 1.99. The van der Waals surface area contributed by atoms with Crippen LogP contribution in [0.3, 0.4) is 0 Å². The molecule has 0 heterocycles. The molecule has 1 aliphatic carbocycles. The van der Waals surface area contributed by atoms with E-state index in [2.05, 4.69) is 0 Å². The van der Waals surface area contributed by atoms with Gasteiger partial charge in [0.1, 0.15) is 11.9 Å². The van der Waals surface area contributed by atoms with Gasteiger partial charge in [-0.25, -0.2) is 0 Å². The fraction of sp³-hybridized carbons (Fsp3) is 0.333. The molecule has 0 amide bonds. The summed E-state index contributed by atoms with van der Waals surface area (Å²) in [5.41, 5.74) is 0.771. The third-order valence-electron chi connectivity index (χ3n) is 1.59. The van der Waals surface area contributed by atoms with E-state index in [1.165, 1.54) is 6.08 Å². The fourth-order valence-electron chi connectivity index (χ4n) is 1.03. The van der Waals surface area contributed by atoms with Crippen LogP contribution in [0.15, 0.2) is 35.6 Å². The summed E-state index contributed by atoms with van der Waals surface area (Å²) < 4.78 is 0. The highest BCUT2D eigenvalue weighted by molar-refractivity contribution is 5.36. The Kier molecular flexibility index (Phi) is 2.49. The summed E-state index contributed by atoms with van der Waals surface area (Å²) in [6, 6.07) is 0. The molecular formula is C9H12O2. The SMILES string of the molecule is CCC=C1C=CC=C(O)C1O. The summed E-state index contributed by atoms with van der Waals surface area (Å²) >= 11 is 0. The topological polar surface area (TPSA) is 40.5 Å². The minimum Gasteiger partial charge on any atom is -0.509 e. The van der Waals surface area contributed by atoms with Crippen molar-refractivity contribution < 1.29 is 10.2 Å². The highest BCUT2D eigenvalue weighted by atomic mass is 16.3. The van der Waals surface area contributed by atoms with Crippen LogP contribution >= 0.6 is 0 Å². The van der Waals surface area contributed by atoms with E-state index in [1.807, 2.05) is 13.0 Å². The summed E-state index contributed by atoms with van der Waals surface area (Å²) in [4.78, 5) is 0. The second-order valence-electron chi connectivity index (χ2n) is 2.47. The van der Waals surface area contributed by atoms with Crippen molar-refractivity contribution in [1.82, 2.24) is 0 Å². The molecule has 1 rings (SSSR count). The van der Waals surface area contributed by atoms with E-state index < -0.39 is 6.10 Å². The van der Waals surface area contributed by atoms with E-state index in [-0.39, 0.29) is 5.76 Å². The van der Waals surface area contributed by atoms with Crippen LogP contribution in [0.1, 0.15) is 13.3 Å². The van der Waals surface area contributed by atoms with E-state index in [9.17, 15) is 5.11 Å². The molecule has 11 heavy (non-hydrogen) atoms. The van der Waals surface area contributed by atoms with Crippen LogP contribution in [0, 0.1) is 0 Å². The van der Waals surface area contributed by atoms with Crippen LogP contribution in [-0.4, -0.2) is 16.3 Å². The van der Waals surface area contributed by atoms with Crippen molar-refractivity contribution in [2.24, 2.45) is 0 Å². The Labute approximate surface area is 66.2 Å². The summed E-state index contributed by atoms with van der Waals surface area (Å²) in [6.07, 6.45) is 6.96. The van der Waals surface area contributed by atoms with Gasteiger partial charge in [0.15, 0.2) is 0 Å². The van der Waals surface area contributed by atoms with E-state index >= 15 is 0 Å². The molecule has 1 aliphatic rings. The van der Waals surface area contributed by atoms with E-state index in [0.717, 1.165) is 12.0 Å². The first-order chi connectivity index (χ1) is 5.25. The van der Waals surface area contributed by atoms with Crippen LogP contribution in [-0.2, 0) is 0 Å². The second-order valence-corrected chi connectivity index (χ2v) is 2.47. The standard InChI is InChI=1S/C9H12O2/c1-2-4-7-5-3-6-8(10)9(7)11/h3-6,9-11H,2H2,1H3. The van der Waals surface area contributed by atoms with Crippen LogP contribution in [0.4, 0.5) is 0 Å². The molecule has 1 atom stereocenters. The molecule has 60 valence electrons. The molecule has 0 saturated carbocycles. The van der Waals surface area contributed by atoms with Crippen LogP contribution in [0.2, 0.25) is 0 Å². The van der Waals surface area contributed by atoms with E-state index in [4.69, 9.17) is 5.11 Å². The monoisotopic (exact) mass is 152 g/mol. The smallest absolute Gasteiger partial charge is 0.135 e. The molecule has 1 unspecified atom stereocenters. The molecule has 0 aliphatic heterocycles. The largest absolute Gasteiger partial charge is 0.509 e. The van der Waals surface area contributed by atoms with Gasteiger partial charge >= 0.3 is 0 Å². The third-order valence-corrected chi connectivity index (χ3v) is 1.59. The van der Waals surface area contributed by atoms with Crippen molar-refractivity contribution in [1.29, 1.82) is 0 Å². The number of aliphatic hydroxyl groups is 2. The lowest BCUT2D eigenvalue weighted by atomic mass is 10.0. The maximum Gasteiger partial charge on any atom is 0.135 e. The predicted octanol–water partition coefficient (Wildman–Crippen LogP) is 1.70. The van der Waals surface area contributed by atoms with Crippen molar-refractivity contribution in [3.8, 4) is 0 Å². The number of aliphatic hydroxyl groups excluding tert-OH is 2. The zero-order chi connectivity index (χ0) is 8.27. The lowest BCUT2D eigenvalue weighted by molar-refractivity contribution is 0.184. The minimum atomic E-state index is -0.819. The summed E-state index contributed by atoms with van der Waals surface area (Å²) in [7, 11) is 0. The number of allylic oxidation sites excluding steroid dienone is 3. The van der Waals surface area contributed by atoms with Gasteiger partial charge in [-0.3, -0.25) is 0 Å². The van der Waals surface area contributed by atoms with Gasteiger partial charge in [-0.05, 0) is 18.1 Å². The number of hydrogen-bond donors (Lipinski definition) is 2. The van der Waals surface area contributed by atoms with Gasteiger partial charge in [0.2, 0.25) is 0 Å². The van der Waals surface area contributed by atoms with Crippen molar-refractivity contribution in [2.75, 3.05) is 0 Å². The quantitative estimate of drug-likeness (QED) is 0.600. The lowest BCUT2D eigenvalue weighted by Gasteiger charge is -2.13. The Hall–Kier alpha value is -1.02. The van der Waals surface area contributed by atoms with Gasteiger partial charge < -0.3 is 10.2 Å². The lowest BCUT2D eigenvalue weighted by Crippen LogP contribution is -2.14. The Morgan fingerprint density at radius 1 is 1.64 bits per heavy atom. The normalized spacial score (nSPS) is 27.3. The molecule has 0 saturated heterocycles. The van der Waals surface area contributed by atoms with E-state index in [1.54, 1.807) is 12.2 Å². The average molecular weight is 152 g/mol. The summed E-state index contributed by atoms with van der Waals surface area (Å²) in [5, 5.41) is 18.4. The van der Waals surface area contributed by atoms with Gasteiger partial charge in [0, 0.05) is 0 Å². The van der Waals surface area contributed by atoms with Crippen molar-refractivity contribution in [3.63, 3.8) is 0 Å². The van der Waals surface area contributed by atoms with Gasteiger partial charge in [0.25, 0.3) is 0 Å². The zero-order valence-corrected chi connectivity index (χ0v) is 6.49. The van der Waals surface area contributed by atoms with Crippen molar-refractivity contribution in [3.05, 3.63) is 35.6 Å². The number of hydrogen-bond acceptors (Lipinski definition) is 2. The van der Waals surface area contributed by atoms with E-state index in [0.29, 0.717) is 0 Å². The molecule has 2 nitrogen and oxygen atoms in total. The molecule has 0 bridgehead atoms. The van der Waals surface area contributed by atoms with Gasteiger partial charge in [-0.2, -0.15) is 0 Å². The summed E-state index contributed by atoms with van der Waals surface area (Å²) in [5.74, 6) is 0.0206. The van der Waals surface area contributed by atoms with Crippen molar-refractivity contribution in [2.45, 2.75) is 19.4 Å². The zero-order valence-electron chi connectivity index (χ0n) is 6.49. The maximum atomic E-state index is 9.33. The predicted molar refractivity (Wildman–Crippen MR) is 44.2 cm³/mol. The molecule has 0 fully saturated rings.